The third kappa shape index (κ3) is 2.98. The molecular weight excluding hydrogens is 158 g/mol. The van der Waals surface area contributed by atoms with Crippen molar-refractivity contribution in [2.24, 2.45) is 5.41 Å². The Balaban J connectivity index is 2.46. The molecule has 1 heteroatoms. The van der Waals surface area contributed by atoms with E-state index in [2.05, 4.69) is 33.0 Å². The Hall–Kier alpha value is -0.0400. The first-order valence-electron chi connectivity index (χ1n) is 5.81. The number of rotatable bonds is 3. The van der Waals surface area contributed by atoms with Crippen LogP contribution in [0.15, 0.2) is 0 Å². The molecule has 1 aliphatic carbocycles. The summed E-state index contributed by atoms with van der Waals surface area (Å²) in [5, 5.41) is 3.65. The zero-order valence-electron chi connectivity index (χ0n) is 9.69. The number of hydrogen-bond donors (Lipinski definition) is 1. The SMILES string of the molecule is CC(C)NC(C)C1(C)CCCCC1. The van der Waals surface area contributed by atoms with E-state index >= 15 is 0 Å². The summed E-state index contributed by atoms with van der Waals surface area (Å²) in [6, 6.07) is 1.29. The van der Waals surface area contributed by atoms with Crippen molar-refractivity contribution in [2.75, 3.05) is 0 Å². The van der Waals surface area contributed by atoms with Crippen molar-refractivity contribution in [2.45, 2.75) is 71.9 Å². The fourth-order valence-electron chi connectivity index (χ4n) is 2.49. The van der Waals surface area contributed by atoms with E-state index in [9.17, 15) is 0 Å². The molecule has 1 fully saturated rings. The van der Waals surface area contributed by atoms with E-state index in [4.69, 9.17) is 0 Å². The Bertz CT molecular complexity index is 145. The lowest BCUT2D eigenvalue weighted by molar-refractivity contribution is 0.148. The summed E-state index contributed by atoms with van der Waals surface area (Å²) in [5.74, 6) is 0. The van der Waals surface area contributed by atoms with Crippen LogP contribution < -0.4 is 5.32 Å². The van der Waals surface area contributed by atoms with Crippen LogP contribution in [0.1, 0.15) is 59.8 Å². The molecule has 0 spiro atoms. The van der Waals surface area contributed by atoms with Crippen molar-refractivity contribution in [1.82, 2.24) is 5.32 Å². The fourth-order valence-corrected chi connectivity index (χ4v) is 2.49. The van der Waals surface area contributed by atoms with Crippen LogP contribution in [0.2, 0.25) is 0 Å². The quantitative estimate of drug-likeness (QED) is 0.707. The molecule has 0 radical (unpaired) electrons. The molecule has 0 amide bonds. The van der Waals surface area contributed by atoms with Gasteiger partial charge in [0, 0.05) is 12.1 Å². The molecule has 1 rings (SSSR count). The monoisotopic (exact) mass is 183 g/mol. The molecule has 0 aromatic carbocycles. The van der Waals surface area contributed by atoms with Crippen molar-refractivity contribution >= 4 is 0 Å². The summed E-state index contributed by atoms with van der Waals surface area (Å²) in [4.78, 5) is 0. The zero-order chi connectivity index (χ0) is 9.90. The van der Waals surface area contributed by atoms with Crippen LogP contribution in [0.25, 0.3) is 0 Å². The van der Waals surface area contributed by atoms with Gasteiger partial charge in [-0.05, 0) is 25.2 Å². The van der Waals surface area contributed by atoms with Crippen LogP contribution >= 0.6 is 0 Å². The first-order chi connectivity index (χ1) is 6.04. The van der Waals surface area contributed by atoms with Crippen molar-refractivity contribution in [3.63, 3.8) is 0 Å². The molecule has 0 bridgehead atoms. The molecule has 1 saturated carbocycles. The Kier molecular flexibility index (Phi) is 3.78. The summed E-state index contributed by atoms with van der Waals surface area (Å²) in [6.45, 7) is 9.28. The predicted molar refractivity (Wildman–Crippen MR) is 58.9 cm³/mol. The molecule has 1 N–H and O–H groups in total. The Labute approximate surface area is 83.3 Å². The van der Waals surface area contributed by atoms with E-state index in [0.29, 0.717) is 17.5 Å². The summed E-state index contributed by atoms with van der Waals surface area (Å²) in [7, 11) is 0. The minimum atomic E-state index is 0.558. The highest BCUT2D eigenvalue weighted by Gasteiger charge is 2.32. The topological polar surface area (TPSA) is 12.0 Å². The molecule has 1 unspecified atom stereocenters. The second kappa shape index (κ2) is 4.45. The zero-order valence-corrected chi connectivity index (χ0v) is 9.69. The van der Waals surface area contributed by atoms with Crippen molar-refractivity contribution < 1.29 is 0 Å². The summed E-state index contributed by atoms with van der Waals surface area (Å²) < 4.78 is 0. The van der Waals surface area contributed by atoms with Gasteiger partial charge in [-0.1, -0.05) is 40.0 Å². The maximum atomic E-state index is 3.65. The van der Waals surface area contributed by atoms with E-state index < -0.39 is 0 Å². The van der Waals surface area contributed by atoms with Crippen LogP contribution in [0.3, 0.4) is 0 Å². The average Bonchev–Trinajstić information content (AvgIpc) is 2.04. The first kappa shape index (κ1) is 11.0. The second-order valence-corrected chi connectivity index (χ2v) is 5.26. The van der Waals surface area contributed by atoms with Crippen LogP contribution in [0.4, 0.5) is 0 Å². The molecule has 13 heavy (non-hydrogen) atoms. The van der Waals surface area contributed by atoms with Crippen LogP contribution in [0.5, 0.6) is 0 Å². The van der Waals surface area contributed by atoms with Gasteiger partial charge in [0.15, 0.2) is 0 Å². The normalized spacial score (nSPS) is 24.7. The van der Waals surface area contributed by atoms with Gasteiger partial charge in [0.2, 0.25) is 0 Å². The standard InChI is InChI=1S/C12H25N/c1-10(2)13-11(3)12(4)8-6-5-7-9-12/h10-11,13H,5-9H2,1-4H3. The molecule has 0 saturated heterocycles. The van der Waals surface area contributed by atoms with E-state index in [1.54, 1.807) is 0 Å². The molecule has 0 aromatic heterocycles. The molecule has 0 aromatic rings. The summed E-state index contributed by atoms with van der Waals surface area (Å²) >= 11 is 0. The van der Waals surface area contributed by atoms with Gasteiger partial charge < -0.3 is 5.32 Å². The van der Waals surface area contributed by atoms with Crippen molar-refractivity contribution in [3.05, 3.63) is 0 Å². The van der Waals surface area contributed by atoms with E-state index in [0.717, 1.165) is 0 Å². The van der Waals surface area contributed by atoms with Gasteiger partial charge in [-0.25, -0.2) is 0 Å². The summed E-state index contributed by atoms with van der Waals surface area (Å²) in [5.41, 5.74) is 0.558. The third-order valence-electron chi connectivity index (χ3n) is 3.62. The van der Waals surface area contributed by atoms with Gasteiger partial charge in [0.25, 0.3) is 0 Å². The maximum Gasteiger partial charge on any atom is 0.00949 e. The molecule has 1 nitrogen and oxygen atoms in total. The van der Waals surface area contributed by atoms with Gasteiger partial charge in [0.05, 0.1) is 0 Å². The highest BCUT2D eigenvalue weighted by Crippen LogP contribution is 2.38. The number of nitrogens with one attached hydrogen (secondary N) is 1. The van der Waals surface area contributed by atoms with E-state index in [1.807, 2.05) is 0 Å². The lowest BCUT2D eigenvalue weighted by atomic mass is 9.71. The van der Waals surface area contributed by atoms with E-state index in [-0.39, 0.29) is 0 Å². The van der Waals surface area contributed by atoms with E-state index in [1.165, 1.54) is 32.1 Å². The second-order valence-electron chi connectivity index (χ2n) is 5.26. The van der Waals surface area contributed by atoms with Crippen LogP contribution in [0, 0.1) is 5.41 Å². The highest BCUT2D eigenvalue weighted by atomic mass is 14.9. The minimum Gasteiger partial charge on any atom is -0.312 e. The number of hydrogen-bond acceptors (Lipinski definition) is 1. The fraction of sp³-hybridized carbons (Fsp3) is 1.00. The average molecular weight is 183 g/mol. The van der Waals surface area contributed by atoms with Gasteiger partial charge in [0.1, 0.15) is 0 Å². The molecule has 0 aliphatic heterocycles. The van der Waals surface area contributed by atoms with Crippen LogP contribution in [-0.4, -0.2) is 12.1 Å². The molecule has 1 aliphatic rings. The van der Waals surface area contributed by atoms with Gasteiger partial charge in [-0.3, -0.25) is 0 Å². The maximum absolute atomic E-state index is 3.65. The van der Waals surface area contributed by atoms with Crippen molar-refractivity contribution in [1.29, 1.82) is 0 Å². The van der Waals surface area contributed by atoms with Gasteiger partial charge >= 0.3 is 0 Å². The Morgan fingerprint density at radius 2 is 1.54 bits per heavy atom. The van der Waals surface area contributed by atoms with Crippen LogP contribution in [-0.2, 0) is 0 Å². The summed E-state index contributed by atoms with van der Waals surface area (Å²) in [6.07, 6.45) is 7.13. The lowest BCUT2D eigenvalue weighted by Crippen LogP contribution is -2.45. The largest absolute Gasteiger partial charge is 0.312 e. The first-order valence-corrected chi connectivity index (χ1v) is 5.81. The minimum absolute atomic E-state index is 0.558. The Morgan fingerprint density at radius 1 is 1.00 bits per heavy atom. The molecular formula is C12H25N. The predicted octanol–water partition coefficient (Wildman–Crippen LogP) is 3.34. The molecule has 0 heterocycles. The Morgan fingerprint density at radius 3 is 2.00 bits per heavy atom. The van der Waals surface area contributed by atoms with Crippen molar-refractivity contribution in [3.8, 4) is 0 Å². The smallest absolute Gasteiger partial charge is 0.00949 e. The molecule has 78 valence electrons. The lowest BCUT2D eigenvalue weighted by Gasteiger charge is -2.40. The third-order valence-corrected chi connectivity index (χ3v) is 3.62. The van der Waals surface area contributed by atoms with Gasteiger partial charge in [-0.2, -0.15) is 0 Å². The van der Waals surface area contributed by atoms with Gasteiger partial charge in [-0.15, -0.1) is 0 Å². The highest BCUT2D eigenvalue weighted by molar-refractivity contribution is 4.87. The molecule has 1 atom stereocenters.